The topological polar surface area (TPSA) is 78.3 Å². The summed E-state index contributed by atoms with van der Waals surface area (Å²) in [6.07, 6.45) is 0.988. The molecule has 1 N–H and O–H groups in total. The molecule has 158 valence electrons. The van der Waals surface area contributed by atoms with E-state index in [0.29, 0.717) is 34.0 Å². The van der Waals surface area contributed by atoms with Crippen LogP contribution in [0.5, 0.6) is 11.5 Å². The van der Waals surface area contributed by atoms with E-state index in [4.69, 9.17) is 21.1 Å². The lowest BCUT2D eigenvalue weighted by Gasteiger charge is -2.10. The maximum atomic E-state index is 12.3. The number of carbonyl (C=O) groups is 1. The first kappa shape index (κ1) is 22.0. The predicted molar refractivity (Wildman–Crippen MR) is 119 cm³/mol. The van der Waals surface area contributed by atoms with Crippen LogP contribution in [-0.2, 0) is 24.9 Å². The maximum absolute atomic E-state index is 12.3. The number of aryl methyl sites for hydroxylation is 1. The number of rotatable bonds is 9. The van der Waals surface area contributed by atoms with Crippen molar-refractivity contribution in [2.75, 3.05) is 18.2 Å². The molecule has 0 radical (unpaired) electrons. The largest absolute Gasteiger partial charge is 0.495 e. The number of anilines is 1. The SMILES string of the molecule is CCc1ccc(OCc2nnc(SCC(=O)Nc3cc(Cl)ccc3OC)n2C)cc1. The molecule has 0 spiro atoms. The van der Waals surface area contributed by atoms with Crippen LogP contribution in [0.3, 0.4) is 0 Å². The Labute approximate surface area is 184 Å². The van der Waals surface area contributed by atoms with Crippen LogP contribution in [0.4, 0.5) is 5.69 Å². The van der Waals surface area contributed by atoms with E-state index in [1.54, 1.807) is 18.2 Å². The Morgan fingerprint density at radius 1 is 1.20 bits per heavy atom. The van der Waals surface area contributed by atoms with Gasteiger partial charge in [-0.15, -0.1) is 10.2 Å². The molecule has 0 atom stereocenters. The Morgan fingerprint density at radius 3 is 2.67 bits per heavy atom. The number of methoxy groups -OCH3 is 1. The molecular weight excluding hydrogens is 424 g/mol. The molecule has 1 amide bonds. The van der Waals surface area contributed by atoms with Gasteiger partial charge < -0.3 is 19.4 Å². The Bertz CT molecular complexity index is 1010. The number of hydrogen-bond acceptors (Lipinski definition) is 6. The standard InChI is InChI=1S/C21H23ClN4O3S/c1-4-14-5-8-16(9-6-14)29-12-19-24-25-21(26(19)2)30-13-20(27)23-17-11-15(22)7-10-18(17)28-3/h5-11H,4,12-13H2,1-3H3,(H,23,27). The molecule has 0 unspecified atom stereocenters. The molecule has 3 rings (SSSR count). The van der Waals surface area contributed by atoms with Gasteiger partial charge in [-0.25, -0.2) is 0 Å². The number of hydrogen-bond donors (Lipinski definition) is 1. The van der Waals surface area contributed by atoms with Crippen molar-refractivity contribution in [3.63, 3.8) is 0 Å². The highest BCUT2D eigenvalue weighted by Crippen LogP contribution is 2.28. The first-order valence-corrected chi connectivity index (χ1v) is 10.7. The van der Waals surface area contributed by atoms with Crippen LogP contribution in [0.25, 0.3) is 0 Å². The summed E-state index contributed by atoms with van der Waals surface area (Å²) in [4.78, 5) is 12.3. The minimum absolute atomic E-state index is 0.168. The second-order valence-electron chi connectivity index (χ2n) is 6.43. The van der Waals surface area contributed by atoms with Gasteiger partial charge in [0, 0.05) is 12.1 Å². The lowest BCUT2D eigenvalue weighted by atomic mass is 10.2. The molecule has 0 saturated carbocycles. The second-order valence-corrected chi connectivity index (χ2v) is 7.80. The summed E-state index contributed by atoms with van der Waals surface area (Å²) in [5.74, 6) is 1.97. The third-order valence-electron chi connectivity index (χ3n) is 4.39. The Morgan fingerprint density at radius 2 is 1.97 bits per heavy atom. The van der Waals surface area contributed by atoms with Gasteiger partial charge in [0.15, 0.2) is 11.0 Å². The number of carbonyl (C=O) groups excluding carboxylic acids is 1. The van der Waals surface area contributed by atoms with E-state index in [-0.39, 0.29) is 11.7 Å². The van der Waals surface area contributed by atoms with E-state index >= 15 is 0 Å². The monoisotopic (exact) mass is 446 g/mol. The van der Waals surface area contributed by atoms with Gasteiger partial charge in [-0.3, -0.25) is 4.79 Å². The Kier molecular flexibility index (Phi) is 7.59. The fourth-order valence-electron chi connectivity index (χ4n) is 2.66. The molecule has 1 aromatic heterocycles. The van der Waals surface area contributed by atoms with Crippen molar-refractivity contribution in [1.29, 1.82) is 0 Å². The minimum atomic E-state index is -0.197. The van der Waals surface area contributed by atoms with Crippen LogP contribution in [0, 0.1) is 0 Å². The summed E-state index contributed by atoms with van der Waals surface area (Å²) in [7, 11) is 3.38. The van der Waals surface area contributed by atoms with Crippen molar-refractivity contribution in [2.45, 2.75) is 25.1 Å². The fourth-order valence-corrected chi connectivity index (χ4v) is 3.56. The summed E-state index contributed by atoms with van der Waals surface area (Å²) in [6.45, 7) is 2.40. The summed E-state index contributed by atoms with van der Waals surface area (Å²) in [5.41, 5.74) is 1.78. The van der Waals surface area contributed by atoms with Crippen molar-refractivity contribution >= 4 is 35.0 Å². The third-order valence-corrected chi connectivity index (χ3v) is 5.65. The first-order valence-electron chi connectivity index (χ1n) is 9.36. The quantitative estimate of drug-likeness (QED) is 0.492. The molecule has 0 saturated heterocycles. The highest BCUT2D eigenvalue weighted by atomic mass is 35.5. The van der Waals surface area contributed by atoms with Crippen molar-refractivity contribution < 1.29 is 14.3 Å². The average Bonchev–Trinajstić information content (AvgIpc) is 3.10. The molecule has 7 nitrogen and oxygen atoms in total. The molecule has 0 bridgehead atoms. The van der Waals surface area contributed by atoms with E-state index in [1.165, 1.54) is 24.4 Å². The number of nitrogens with zero attached hydrogens (tertiary/aromatic N) is 3. The van der Waals surface area contributed by atoms with Crippen molar-refractivity contribution in [3.8, 4) is 11.5 Å². The molecule has 9 heteroatoms. The van der Waals surface area contributed by atoms with Crippen molar-refractivity contribution in [3.05, 3.63) is 58.9 Å². The highest BCUT2D eigenvalue weighted by Gasteiger charge is 2.14. The lowest BCUT2D eigenvalue weighted by Crippen LogP contribution is -2.15. The zero-order chi connectivity index (χ0) is 21.5. The van der Waals surface area contributed by atoms with Gasteiger partial charge in [0.1, 0.15) is 18.1 Å². The van der Waals surface area contributed by atoms with E-state index < -0.39 is 0 Å². The van der Waals surface area contributed by atoms with E-state index in [9.17, 15) is 4.79 Å². The normalized spacial score (nSPS) is 10.7. The zero-order valence-electron chi connectivity index (χ0n) is 17.0. The molecular formula is C21H23ClN4O3S. The maximum Gasteiger partial charge on any atom is 0.234 e. The van der Waals surface area contributed by atoms with E-state index in [2.05, 4.69) is 22.4 Å². The van der Waals surface area contributed by atoms with Crippen LogP contribution in [0.2, 0.25) is 5.02 Å². The average molecular weight is 447 g/mol. The number of benzene rings is 2. The molecule has 2 aromatic carbocycles. The molecule has 0 fully saturated rings. The molecule has 0 aliphatic heterocycles. The van der Waals surface area contributed by atoms with Gasteiger partial charge in [0.25, 0.3) is 0 Å². The van der Waals surface area contributed by atoms with Gasteiger partial charge in [0.05, 0.1) is 18.6 Å². The number of ether oxygens (including phenoxy) is 2. The third kappa shape index (κ3) is 5.67. The number of halogens is 1. The smallest absolute Gasteiger partial charge is 0.234 e. The van der Waals surface area contributed by atoms with Gasteiger partial charge in [0.2, 0.25) is 5.91 Å². The second kappa shape index (κ2) is 10.4. The van der Waals surface area contributed by atoms with Crippen molar-refractivity contribution in [2.24, 2.45) is 7.05 Å². The highest BCUT2D eigenvalue weighted by molar-refractivity contribution is 7.99. The van der Waals surface area contributed by atoms with Crippen LogP contribution in [-0.4, -0.2) is 33.5 Å². The number of aromatic nitrogens is 3. The van der Waals surface area contributed by atoms with E-state index in [0.717, 1.165) is 12.2 Å². The molecule has 0 aliphatic carbocycles. The number of amides is 1. The fraction of sp³-hybridized carbons (Fsp3) is 0.286. The van der Waals surface area contributed by atoms with E-state index in [1.807, 2.05) is 35.9 Å². The van der Waals surface area contributed by atoms with Crippen molar-refractivity contribution in [1.82, 2.24) is 14.8 Å². The first-order chi connectivity index (χ1) is 14.5. The molecule has 0 aliphatic rings. The summed E-state index contributed by atoms with van der Waals surface area (Å²) in [5, 5.41) is 12.3. The molecule has 1 heterocycles. The summed E-state index contributed by atoms with van der Waals surface area (Å²) in [6, 6.07) is 13.0. The Balaban J connectivity index is 1.54. The van der Waals surface area contributed by atoms with Gasteiger partial charge >= 0.3 is 0 Å². The predicted octanol–water partition coefficient (Wildman–Crippen LogP) is 4.35. The lowest BCUT2D eigenvalue weighted by molar-refractivity contribution is -0.113. The molecule has 30 heavy (non-hydrogen) atoms. The summed E-state index contributed by atoms with van der Waals surface area (Å²) < 4.78 is 12.8. The number of thioether (sulfide) groups is 1. The van der Waals surface area contributed by atoms with Crippen LogP contribution in [0.15, 0.2) is 47.6 Å². The summed E-state index contributed by atoms with van der Waals surface area (Å²) >= 11 is 7.28. The zero-order valence-corrected chi connectivity index (χ0v) is 18.6. The van der Waals surface area contributed by atoms with Gasteiger partial charge in [-0.1, -0.05) is 42.4 Å². The van der Waals surface area contributed by atoms with Gasteiger partial charge in [-0.2, -0.15) is 0 Å². The minimum Gasteiger partial charge on any atom is -0.495 e. The van der Waals surface area contributed by atoms with Crippen LogP contribution in [0.1, 0.15) is 18.3 Å². The number of nitrogens with one attached hydrogen (secondary N) is 1. The van der Waals surface area contributed by atoms with Gasteiger partial charge in [-0.05, 0) is 42.3 Å². The van der Waals surface area contributed by atoms with Crippen LogP contribution < -0.4 is 14.8 Å². The molecule has 3 aromatic rings. The van der Waals surface area contributed by atoms with Crippen LogP contribution >= 0.6 is 23.4 Å². The Hall–Kier alpha value is -2.71.